The fourth-order valence-electron chi connectivity index (χ4n) is 21.3. The van der Waals surface area contributed by atoms with Gasteiger partial charge in [0.15, 0.2) is 0 Å². The fraction of sp³-hybridized carbons (Fsp3) is 0.213. The van der Waals surface area contributed by atoms with Gasteiger partial charge in [0.25, 0.3) is 0 Å². The van der Waals surface area contributed by atoms with E-state index in [0.717, 1.165) is 150 Å². The van der Waals surface area contributed by atoms with Gasteiger partial charge in [0.1, 0.15) is 0 Å². The van der Waals surface area contributed by atoms with Gasteiger partial charge in [-0.05, 0) is 251 Å². The minimum Gasteiger partial charge on any atom is -0.340 e. The van der Waals surface area contributed by atoms with E-state index in [2.05, 4.69) is 421 Å². The van der Waals surface area contributed by atoms with Crippen molar-refractivity contribution in [2.45, 2.75) is 163 Å². The highest BCUT2D eigenvalue weighted by Gasteiger charge is 2.44. The summed E-state index contributed by atoms with van der Waals surface area (Å²) in [6.07, 6.45) is 0. The lowest BCUT2D eigenvalue weighted by Crippen LogP contribution is -2.30. The quantitative estimate of drug-likeness (QED) is 0.152. The summed E-state index contributed by atoms with van der Waals surface area (Å²) in [5.74, 6) is -0.445. The molecule has 0 saturated heterocycles. The zero-order valence-electron chi connectivity index (χ0n) is 85.2. The van der Waals surface area contributed by atoms with Crippen molar-refractivity contribution in [1.29, 1.82) is 0 Å². The molecule has 23 rings (SSSR count). The number of hydrogen-bond donors (Lipinski definition) is 0. The third-order valence-electron chi connectivity index (χ3n) is 28.2. The van der Waals surface area contributed by atoms with Crippen LogP contribution in [-0.4, -0.2) is 22.8 Å². The lowest BCUT2D eigenvalue weighted by molar-refractivity contribution is 0.590. The monoisotopic (exact) mass is 1680 g/mol. The van der Waals surface area contributed by atoms with Gasteiger partial charge < -0.3 is 32.6 Å². The molecule has 634 valence electrons. The van der Waals surface area contributed by atoms with Crippen LogP contribution in [0.25, 0.3) is 154 Å². The Morgan fingerprint density at radius 1 is 0.225 bits per heavy atom. The molecular formula is C122H111N7. The van der Waals surface area contributed by atoms with Crippen LogP contribution in [0, 0.1) is 0 Å². The van der Waals surface area contributed by atoms with Crippen LogP contribution in [0.4, 0.5) is 34.1 Å². The number of aryl methyl sites for hydroxylation is 1. The van der Waals surface area contributed by atoms with Gasteiger partial charge in [0.05, 0.1) is 106 Å². The molecule has 0 amide bonds. The van der Waals surface area contributed by atoms with Gasteiger partial charge >= 0.3 is 0 Å². The number of anilines is 6. The number of hydrogen-bond acceptors (Lipinski definition) is 2. The van der Waals surface area contributed by atoms with E-state index in [4.69, 9.17) is 2.74 Å². The van der Waals surface area contributed by atoms with Crippen molar-refractivity contribution >= 4 is 143 Å². The molecule has 1 atom stereocenters. The predicted octanol–water partition coefficient (Wildman–Crippen LogP) is 33.6. The van der Waals surface area contributed by atoms with Crippen molar-refractivity contribution in [3.8, 4) is 45.0 Å². The first kappa shape index (κ1) is 71.2. The van der Waals surface area contributed by atoms with E-state index in [9.17, 15) is 8.22 Å². The molecular weight excluding hydrogens is 1560 g/mol. The standard InChI is InChI=1S/C122H111N7/c1-117(2,3)77-44-54-101-93(63-77)94-64-78(118(4,5)6)45-55-102(94)124(101)83-50-52-91-109(69-83)127(85-61-75(73-32-22-20-23-33-73)60-76(62-85)74-34-24-21-25-35-74)111-71-86(126-105-58-48-81(121(13,14)15)67-97(105)98-68-82(122(16,17)18)49-59-106(98)126)72-112-114(111)113(91)92-53-51-84(125-103-56-46-79(119(7,8)9)65-95(103)96-66-80(120(10,11)12)47-57-104(96)125)70-110(92)129(112)108-43-31-39-90-89-38-30-42-107(115(89)123(19)116(90)108)128-99-40-28-26-36-87(99)88-37-27-29-41-100(88)128/h20-72,113H,1-19H3/i26D,27D,28D,29D,36D,37D,40D,41D. The number of benzene rings is 16. The topological polar surface area (TPSA) is 31.1 Å². The minimum atomic E-state index is -0.497. The summed E-state index contributed by atoms with van der Waals surface area (Å²) < 4.78 is 87.4. The average Bonchev–Trinajstić information content (AvgIpc) is 1.66. The molecule has 0 N–H and O–H groups in total. The first-order valence-corrected chi connectivity index (χ1v) is 45.6. The van der Waals surface area contributed by atoms with E-state index in [1.54, 1.807) is 4.57 Å². The summed E-state index contributed by atoms with van der Waals surface area (Å²) in [6, 6.07) is 100. The molecule has 21 aromatic rings. The average molecular weight is 1680 g/mol. The molecule has 0 spiro atoms. The van der Waals surface area contributed by atoms with Gasteiger partial charge in [-0.2, -0.15) is 0 Å². The van der Waals surface area contributed by atoms with Gasteiger partial charge in [-0.3, -0.25) is 0 Å². The summed E-state index contributed by atoms with van der Waals surface area (Å²) in [5, 5.41) is 8.78. The molecule has 7 nitrogen and oxygen atoms in total. The van der Waals surface area contributed by atoms with Crippen LogP contribution in [0.2, 0.25) is 0 Å². The Balaban J connectivity index is 0.903. The van der Waals surface area contributed by atoms with Gasteiger partial charge in [-0.15, -0.1) is 0 Å². The largest absolute Gasteiger partial charge is 0.340 e. The highest BCUT2D eigenvalue weighted by molar-refractivity contribution is 6.19. The van der Waals surface area contributed by atoms with Gasteiger partial charge in [0.2, 0.25) is 0 Å². The van der Waals surface area contributed by atoms with E-state index >= 15 is 0 Å². The summed E-state index contributed by atoms with van der Waals surface area (Å²) in [5.41, 5.74) is 31.3. The molecule has 7 heteroatoms. The van der Waals surface area contributed by atoms with Crippen molar-refractivity contribution in [2.75, 3.05) is 9.80 Å². The van der Waals surface area contributed by atoms with E-state index in [0.29, 0.717) is 11.2 Å². The first-order chi connectivity index (χ1) is 65.0. The molecule has 0 bridgehead atoms. The van der Waals surface area contributed by atoms with E-state index in [-0.39, 0.29) is 66.4 Å². The molecule has 0 radical (unpaired) electrons. The van der Waals surface area contributed by atoms with Crippen LogP contribution in [0.3, 0.4) is 0 Å². The molecule has 0 aliphatic carbocycles. The number of para-hydroxylation sites is 4. The fourth-order valence-corrected chi connectivity index (χ4v) is 21.3. The molecule has 1 unspecified atom stereocenters. The van der Waals surface area contributed by atoms with Crippen LogP contribution >= 0.6 is 0 Å². The second-order valence-corrected chi connectivity index (χ2v) is 42.6. The van der Waals surface area contributed by atoms with Crippen molar-refractivity contribution in [3.63, 3.8) is 0 Å². The summed E-state index contributed by atoms with van der Waals surface area (Å²) in [6.45, 7) is 41.5. The smallest absolute Gasteiger partial charge is 0.0734 e. The molecule has 0 saturated carbocycles. The van der Waals surface area contributed by atoms with Crippen molar-refractivity contribution in [2.24, 2.45) is 7.05 Å². The van der Waals surface area contributed by atoms with Crippen LogP contribution in [0.15, 0.2) is 321 Å². The van der Waals surface area contributed by atoms with Gasteiger partial charge in [-0.25, -0.2) is 0 Å². The lowest BCUT2D eigenvalue weighted by atomic mass is 9.75. The van der Waals surface area contributed by atoms with E-state index in [1.807, 2.05) is 12.1 Å². The Labute approximate surface area is 768 Å². The molecule has 5 aromatic heterocycles. The summed E-state index contributed by atoms with van der Waals surface area (Å²) >= 11 is 0. The normalized spacial score (nSPS) is 14.9. The SMILES string of the molecule is [2H]c1c([2H])c([2H])c2c(c1[2H])c1c([2H])c([2H])c([2H])c([2H])c1n2-c1cccc2c3cccc(N4c5cc(-n6c7ccc(C(C)(C)C)cc7c7cc(C(C)(C)C)ccc76)ccc5C5c6ccc(-n7c8ccc(C(C)(C)C)cc8c8cc(C(C)(C)C)ccc87)cc6N(c6cc(-c7ccccc7)cc(-c7ccccc7)c6)c6cc(-n7c8ccc(C(C)(C)C)cc8c8cc(C(C)(C)C)ccc87)cc4c65)c3n(C)c12. The zero-order chi connectivity index (χ0) is 95.9. The van der Waals surface area contributed by atoms with Crippen molar-refractivity contribution in [3.05, 3.63) is 371 Å². The van der Waals surface area contributed by atoms with Crippen molar-refractivity contribution in [1.82, 2.24) is 22.8 Å². The number of aromatic nitrogens is 5. The van der Waals surface area contributed by atoms with Crippen LogP contribution < -0.4 is 9.80 Å². The second-order valence-electron chi connectivity index (χ2n) is 42.6. The Hall–Kier alpha value is -13.9. The molecule has 129 heavy (non-hydrogen) atoms. The Kier molecular flexibility index (Phi) is 15.5. The number of fused-ring (bicyclic) bond motifs is 19. The summed E-state index contributed by atoms with van der Waals surface area (Å²) in [7, 11) is 2.07. The van der Waals surface area contributed by atoms with Gasteiger partial charge in [-0.1, -0.05) is 294 Å². The van der Waals surface area contributed by atoms with Crippen LogP contribution in [0.1, 0.15) is 192 Å². The maximum Gasteiger partial charge on any atom is 0.0734 e. The lowest BCUT2D eigenvalue weighted by Gasteiger charge is -2.46. The van der Waals surface area contributed by atoms with Crippen LogP contribution in [0.5, 0.6) is 0 Å². The first-order valence-electron chi connectivity index (χ1n) is 49.6. The maximum absolute atomic E-state index is 9.89. The third-order valence-corrected chi connectivity index (χ3v) is 28.2. The Bertz CT molecular complexity index is 8490. The highest BCUT2D eigenvalue weighted by Crippen LogP contribution is 2.64. The molecule has 2 aliphatic heterocycles. The molecule has 0 fully saturated rings. The van der Waals surface area contributed by atoms with Crippen molar-refractivity contribution < 1.29 is 11.0 Å². The zero-order valence-corrected chi connectivity index (χ0v) is 77.2. The third kappa shape index (κ3) is 12.4. The van der Waals surface area contributed by atoms with E-state index in [1.165, 1.54) is 54.9 Å². The number of nitrogens with zero attached hydrogens (tertiary/aromatic N) is 7. The van der Waals surface area contributed by atoms with Gasteiger partial charge in [0, 0.05) is 89.5 Å². The summed E-state index contributed by atoms with van der Waals surface area (Å²) in [4.78, 5) is 5.16. The Morgan fingerprint density at radius 3 is 0.922 bits per heavy atom. The van der Waals surface area contributed by atoms with Crippen LogP contribution in [-0.2, 0) is 39.5 Å². The Morgan fingerprint density at radius 2 is 0.550 bits per heavy atom. The molecule has 2 aliphatic rings. The molecule has 16 aromatic carbocycles. The number of rotatable bonds is 8. The maximum atomic E-state index is 9.89. The molecule has 7 heterocycles. The second kappa shape index (κ2) is 28.1. The minimum absolute atomic E-state index is 0.0144. The predicted molar refractivity (Wildman–Crippen MR) is 551 cm³/mol. The highest BCUT2D eigenvalue weighted by atomic mass is 15.2. The van der Waals surface area contributed by atoms with E-state index < -0.39 is 42.2 Å².